The summed E-state index contributed by atoms with van der Waals surface area (Å²) in [7, 11) is -8.76. The number of benzene rings is 3. The van der Waals surface area contributed by atoms with Gasteiger partial charge in [0, 0.05) is 23.3 Å². The molecule has 4 rings (SSSR count). The lowest BCUT2D eigenvalue weighted by Crippen LogP contribution is -2.36. The number of nitrogens with one attached hydrogen (secondary N) is 1. The predicted octanol–water partition coefficient (Wildman–Crippen LogP) is 2.14. The second-order valence-corrected chi connectivity index (χ2v) is 10.6. The number of rotatable bonds is 6. The van der Waals surface area contributed by atoms with E-state index in [1.807, 2.05) is 0 Å². The molecule has 0 radical (unpaired) electrons. The summed E-state index contributed by atoms with van der Waals surface area (Å²) in [5, 5.41) is 3.80. The van der Waals surface area contributed by atoms with E-state index >= 15 is 0 Å². The van der Waals surface area contributed by atoms with Crippen LogP contribution >= 0.6 is 0 Å². The summed E-state index contributed by atoms with van der Waals surface area (Å²) in [5.41, 5.74) is 6.80. The highest BCUT2D eigenvalue weighted by molar-refractivity contribution is 7.89. The largest absolute Gasteiger partial charge is 0.495 e. The minimum atomic E-state index is -5.17. The minimum Gasteiger partial charge on any atom is -0.495 e. The first kappa shape index (κ1) is 26.0. The second kappa shape index (κ2) is 9.44. The normalized spacial score (nSPS) is 13.9. The summed E-state index contributed by atoms with van der Waals surface area (Å²) in [4.78, 5) is 19.5. The number of nitrogen functional groups attached to an aromatic ring is 1. The van der Waals surface area contributed by atoms with E-state index in [-0.39, 0.29) is 23.9 Å². The third-order valence-corrected chi connectivity index (χ3v) is 7.46. The van der Waals surface area contributed by atoms with Crippen LogP contribution in [0.25, 0.3) is 10.8 Å². The van der Waals surface area contributed by atoms with Gasteiger partial charge >= 0.3 is 0 Å². The summed E-state index contributed by atoms with van der Waals surface area (Å²) in [5.74, 6) is 0.0526. The zero-order valence-electron chi connectivity index (χ0n) is 19.4. The molecule has 0 spiro atoms. The maximum atomic E-state index is 12.3. The van der Waals surface area contributed by atoms with Gasteiger partial charge in [-0.3, -0.25) is 18.9 Å². The highest BCUT2D eigenvalue weighted by atomic mass is 32.2. The van der Waals surface area contributed by atoms with Crippen LogP contribution in [0.15, 0.2) is 62.2 Å². The molecule has 0 saturated carbocycles. The average molecular weight is 548 g/mol. The molecule has 15 heteroatoms. The lowest BCUT2D eigenvalue weighted by Gasteiger charge is -2.29. The lowest BCUT2D eigenvalue weighted by molar-refractivity contribution is -0.114. The van der Waals surface area contributed by atoms with E-state index in [9.17, 15) is 30.7 Å². The predicted molar refractivity (Wildman–Crippen MR) is 138 cm³/mol. The van der Waals surface area contributed by atoms with Crippen molar-refractivity contribution in [3.63, 3.8) is 0 Å². The number of nitrogens with zero attached hydrogens (tertiary/aromatic N) is 3. The van der Waals surface area contributed by atoms with Crippen molar-refractivity contribution in [2.24, 2.45) is 9.98 Å². The number of aliphatic imine (C=N–C) groups is 2. The Morgan fingerprint density at radius 1 is 1.05 bits per heavy atom. The molecule has 0 aliphatic carbocycles. The first-order chi connectivity index (χ1) is 17.3. The number of amidine groups is 1. The van der Waals surface area contributed by atoms with E-state index in [0.29, 0.717) is 27.8 Å². The summed E-state index contributed by atoms with van der Waals surface area (Å²) < 4.78 is 73.2. The molecule has 0 fully saturated rings. The molecule has 5 N–H and O–H groups in total. The SMILES string of the molecule is COc1ccc2c(NC(C)=O)c(C3=NC=NCN3c3cccc(S(=O)(=O)O)c3S(=O)(=O)O)ccc2c1N. The fraction of sp³-hybridized carbons (Fsp3) is 0.136. The van der Waals surface area contributed by atoms with Gasteiger partial charge in [0.1, 0.15) is 34.4 Å². The number of hydrogen-bond donors (Lipinski definition) is 4. The molecule has 0 unspecified atom stereocenters. The van der Waals surface area contributed by atoms with Gasteiger partial charge in [-0.05, 0) is 30.3 Å². The number of carbonyl (C=O) groups excluding carboxylic acids is 1. The number of anilines is 3. The molecule has 0 aromatic heterocycles. The van der Waals surface area contributed by atoms with E-state index < -0.39 is 35.9 Å². The standard InChI is InChI=1S/C22H21N5O8S2/c1-12(28)26-20-14-8-9-17(35-2)19(23)13(14)6-7-15(20)22-25-10-24-11-27(22)16-4-3-5-18(36(29,30)31)21(16)37(32,33)34/h3-10H,11,23H2,1-2H3,(H,26,28)(H,29,30,31)(H,32,33,34). The van der Waals surface area contributed by atoms with Crippen LogP contribution in [0, 0.1) is 0 Å². The molecule has 0 bridgehead atoms. The van der Waals surface area contributed by atoms with Crippen LogP contribution in [0.5, 0.6) is 5.75 Å². The Hall–Kier alpha value is -4.05. The van der Waals surface area contributed by atoms with E-state index in [2.05, 4.69) is 15.3 Å². The van der Waals surface area contributed by atoms with Crippen LogP contribution in [-0.4, -0.2) is 57.8 Å². The van der Waals surface area contributed by atoms with Crippen molar-refractivity contribution in [2.45, 2.75) is 16.7 Å². The number of nitrogens with two attached hydrogens (primary N) is 1. The number of fused-ring (bicyclic) bond motifs is 1. The number of amides is 1. The number of carbonyl (C=O) groups is 1. The van der Waals surface area contributed by atoms with Gasteiger partial charge in [-0.25, -0.2) is 4.99 Å². The van der Waals surface area contributed by atoms with Crippen LogP contribution in [-0.2, 0) is 25.0 Å². The maximum Gasteiger partial charge on any atom is 0.298 e. The Kier molecular flexibility index (Phi) is 6.64. The zero-order chi connectivity index (χ0) is 27.1. The van der Waals surface area contributed by atoms with E-state index in [1.54, 1.807) is 24.3 Å². The average Bonchev–Trinajstić information content (AvgIpc) is 2.83. The number of methoxy groups -OCH3 is 1. The molecule has 0 saturated heterocycles. The molecule has 1 aliphatic rings. The van der Waals surface area contributed by atoms with Crippen molar-refractivity contribution in [2.75, 3.05) is 29.7 Å². The van der Waals surface area contributed by atoms with Crippen molar-refractivity contribution in [1.82, 2.24) is 0 Å². The number of hydrogen-bond acceptors (Lipinski definition) is 10. The van der Waals surface area contributed by atoms with E-state index in [1.165, 1.54) is 37.4 Å². The quantitative estimate of drug-likeness (QED) is 0.262. The van der Waals surface area contributed by atoms with Crippen molar-refractivity contribution in [3.05, 3.63) is 48.0 Å². The van der Waals surface area contributed by atoms with Gasteiger partial charge < -0.3 is 20.7 Å². The minimum absolute atomic E-state index is 0.0624. The molecule has 13 nitrogen and oxygen atoms in total. The molecule has 1 heterocycles. The molecule has 0 atom stereocenters. The number of ether oxygens (including phenoxy) is 1. The first-order valence-electron chi connectivity index (χ1n) is 10.4. The monoisotopic (exact) mass is 547 g/mol. The second-order valence-electron chi connectivity index (χ2n) is 7.82. The summed E-state index contributed by atoms with van der Waals surface area (Å²) >= 11 is 0. The van der Waals surface area contributed by atoms with Gasteiger partial charge in [0.2, 0.25) is 5.91 Å². The molecule has 1 aliphatic heterocycles. The molecular weight excluding hydrogens is 526 g/mol. The summed E-state index contributed by atoms with van der Waals surface area (Å²) in [6, 6.07) is 9.75. The van der Waals surface area contributed by atoms with Gasteiger partial charge in [-0.1, -0.05) is 12.1 Å². The van der Waals surface area contributed by atoms with Gasteiger partial charge in [-0.2, -0.15) is 16.8 Å². The van der Waals surface area contributed by atoms with Crippen molar-refractivity contribution < 1.29 is 35.5 Å². The third-order valence-electron chi connectivity index (χ3n) is 5.49. The van der Waals surface area contributed by atoms with Crippen LogP contribution < -0.4 is 20.7 Å². The summed E-state index contributed by atoms with van der Waals surface area (Å²) in [6.45, 7) is 1.06. The third kappa shape index (κ3) is 4.84. The zero-order valence-corrected chi connectivity index (χ0v) is 21.0. The van der Waals surface area contributed by atoms with Gasteiger partial charge in [0.05, 0.1) is 24.2 Å². The summed E-state index contributed by atoms with van der Waals surface area (Å²) in [6.07, 6.45) is 1.20. The highest BCUT2D eigenvalue weighted by Gasteiger charge is 2.32. The van der Waals surface area contributed by atoms with E-state index in [4.69, 9.17) is 10.5 Å². The molecule has 1 amide bonds. The Bertz CT molecular complexity index is 1720. The van der Waals surface area contributed by atoms with Gasteiger partial charge in [-0.15, -0.1) is 0 Å². The smallest absolute Gasteiger partial charge is 0.298 e. The van der Waals surface area contributed by atoms with Gasteiger partial charge in [0.25, 0.3) is 20.2 Å². The Morgan fingerprint density at radius 2 is 1.76 bits per heavy atom. The highest BCUT2D eigenvalue weighted by Crippen LogP contribution is 2.39. The Balaban J connectivity index is 2.02. The fourth-order valence-electron chi connectivity index (χ4n) is 4.02. The van der Waals surface area contributed by atoms with Crippen molar-refractivity contribution >= 4 is 66.2 Å². The maximum absolute atomic E-state index is 12.3. The molecular formula is C22H21N5O8S2. The van der Waals surface area contributed by atoms with Gasteiger partial charge in [0.15, 0.2) is 0 Å². The van der Waals surface area contributed by atoms with Crippen LogP contribution in [0.2, 0.25) is 0 Å². The lowest BCUT2D eigenvalue weighted by atomic mass is 10.00. The van der Waals surface area contributed by atoms with Crippen molar-refractivity contribution in [3.8, 4) is 5.75 Å². The van der Waals surface area contributed by atoms with Crippen LogP contribution in [0.3, 0.4) is 0 Å². The topological polar surface area (TPSA) is 201 Å². The first-order valence-corrected chi connectivity index (χ1v) is 13.3. The van der Waals surface area contributed by atoms with Crippen LogP contribution in [0.1, 0.15) is 12.5 Å². The van der Waals surface area contributed by atoms with Crippen LogP contribution in [0.4, 0.5) is 17.1 Å². The van der Waals surface area contributed by atoms with Crippen molar-refractivity contribution in [1.29, 1.82) is 0 Å². The molecule has 37 heavy (non-hydrogen) atoms. The Labute approximate surface area is 211 Å². The Morgan fingerprint density at radius 3 is 2.38 bits per heavy atom. The molecule has 3 aromatic rings. The molecule has 3 aromatic carbocycles. The fourth-order valence-corrected chi connectivity index (χ4v) is 6.00. The molecule has 194 valence electrons. The van der Waals surface area contributed by atoms with E-state index in [0.717, 1.165) is 6.07 Å².